The molecule has 0 unspecified atom stereocenters. The van der Waals surface area contributed by atoms with E-state index in [1.807, 2.05) is 109 Å². The summed E-state index contributed by atoms with van der Waals surface area (Å²) < 4.78 is 13.2. The Morgan fingerprint density at radius 1 is 0.677 bits per heavy atom. The van der Waals surface area contributed by atoms with E-state index < -0.39 is 0 Å². The van der Waals surface area contributed by atoms with Gasteiger partial charge in [0.25, 0.3) is 0 Å². The van der Waals surface area contributed by atoms with E-state index in [0.717, 1.165) is 38.3 Å². The summed E-state index contributed by atoms with van der Waals surface area (Å²) in [6, 6.07) is 33.9. The molecular formula is C27H22BrNO2. The molecule has 0 saturated carbocycles. The fraction of sp³-hybridized carbons (Fsp3) is 0.0741. The van der Waals surface area contributed by atoms with Crippen LogP contribution in [-0.4, -0.2) is 6.21 Å². The quantitative estimate of drug-likeness (QED) is 0.251. The molecule has 0 radical (unpaired) electrons. The van der Waals surface area contributed by atoms with E-state index in [1.54, 1.807) is 0 Å². The van der Waals surface area contributed by atoms with Gasteiger partial charge in [0.05, 0.1) is 5.69 Å². The molecule has 0 saturated heterocycles. The Labute approximate surface area is 191 Å². The highest BCUT2D eigenvalue weighted by Crippen LogP contribution is 2.26. The predicted molar refractivity (Wildman–Crippen MR) is 129 cm³/mol. The van der Waals surface area contributed by atoms with Crippen molar-refractivity contribution >= 4 is 27.8 Å². The summed E-state index contributed by atoms with van der Waals surface area (Å²) in [6.07, 6.45) is 1.82. The molecule has 3 nitrogen and oxygen atoms in total. The monoisotopic (exact) mass is 471 g/mol. The van der Waals surface area contributed by atoms with Gasteiger partial charge in [0.15, 0.2) is 0 Å². The van der Waals surface area contributed by atoms with Crippen LogP contribution in [0.3, 0.4) is 0 Å². The van der Waals surface area contributed by atoms with Crippen molar-refractivity contribution in [3.8, 4) is 11.5 Å². The second-order valence-corrected chi connectivity index (χ2v) is 7.90. The third-order valence-corrected chi connectivity index (χ3v) is 5.18. The van der Waals surface area contributed by atoms with Gasteiger partial charge in [-0.25, -0.2) is 0 Å². The number of rotatable bonds is 8. The van der Waals surface area contributed by atoms with Crippen LogP contribution in [0.2, 0.25) is 0 Å². The van der Waals surface area contributed by atoms with Crippen LogP contribution in [0.5, 0.6) is 11.5 Å². The molecule has 0 atom stereocenters. The van der Waals surface area contributed by atoms with Crippen molar-refractivity contribution < 1.29 is 9.47 Å². The van der Waals surface area contributed by atoms with Gasteiger partial charge in [-0.3, -0.25) is 4.99 Å². The maximum Gasteiger partial charge on any atom is 0.132 e. The van der Waals surface area contributed by atoms with Crippen molar-refractivity contribution in [2.75, 3.05) is 0 Å². The summed E-state index contributed by atoms with van der Waals surface area (Å²) in [4.78, 5) is 4.59. The molecule has 0 bridgehead atoms. The van der Waals surface area contributed by atoms with E-state index in [4.69, 9.17) is 9.47 Å². The van der Waals surface area contributed by atoms with Crippen LogP contribution >= 0.6 is 15.9 Å². The molecular weight excluding hydrogens is 450 g/mol. The molecule has 0 spiro atoms. The van der Waals surface area contributed by atoms with Gasteiger partial charge in [0.1, 0.15) is 24.7 Å². The Bertz CT molecular complexity index is 1130. The summed E-state index contributed by atoms with van der Waals surface area (Å²) in [6.45, 7) is 0.980. The number of benzene rings is 4. The van der Waals surface area contributed by atoms with E-state index in [1.165, 1.54) is 0 Å². The lowest BCUT2D eigenvalue weighted by Crippen LogP contribution is -2.00. The molecule has 0 aliphatic rings. The van der Waals surface area contributed by atoms with Gasteiger partial charge >= 0.3 is 0 Å². The summed E-state index contributed by atoms with van der Waals surface area (Å²) in [5.74, 6) is 1.49. The lowest BCUT2D eigenvalue weighted by molar-refractivity contribution is 0.289. The molecule has 0 N–H and O–H groups in total. The highest BCUT2D eigenvalue weighted by Gasteiger charge is 2.06. The summed E-state index contributed by atoms with van der Waals surface area (Å²) >= 11 is 3.45. The maximum atomic E-state index is 6.14. The molecule has 4 rings (SSSR count). The largest absolute Gasteiger partial charge is 0.489 e. The first-order chi connectivity index (χ1) is 15.3. The second-order valence-electron chi connectivity index (χ2n) is 6.98. The highest BCUT2D eigenvalue weighted by atomic mass is 79.9. The fourth-order valence-electron chi connectivity index (χ4n) is 2.98. The molecule has 0 heterocycles. The molecule has 0 fully saturated rings. The molecule has 0 amide bonds. The molecule has 0 aliphatic carbocycles. The molecule has 0 aromatic heterocycles. The first-order valence-corrected chi connectivity index (χ1v) is 10.8. The minimum atomic E-state index is 0.474. The van der Waals surface area contributed by atoms with Gasteiger partial charge in [-0.05, 0) is 47.5 Å². The third-order valence-electron chi connectivity index (χ3n) is 4.65. The van der Waals surface area contributed by atoms with Crippen molar-refractivity contribution in [2.24, 2.45) is 4.99 Å². The van der Waals surface area contributed by atoms with E-state index in [9.17, 15) is 0 Å². The zero-order valence-electron chi connectivity index (χ0n) is 16.9. The number of hydrogen-bond donors (Lipinski definition) is 0. The zero-order valence-corrected chi connectivity index (χ0v) is 18.5. The first kappa shape index (κ1) is 20.9. The number of halogens is 1. The van der Waals surface area contributed by atoms with Crippen LogP contribution in [-0.2, 0) is 13.2 Å². The Balaban J connectivity index is 1.54. The molecule has 4 aromatic carbocycles. The zero-order chi connectivity index (χ0) is 21.3. The highest BCUT2D eigenvalue weighted by molar-refractivity contribution is 9.10. The Morgan fingerprint density at radius 3 is 1.94 bits per heavy atom. The minimum Gasteiger partial charge on any atom is -0.489 e. The van der Waals surface area contributed by atoms with Crippen molar-refractivity contribution in [3.05, 3.63) is 124 Å². The Morgan fingerprint density at radius 2 is 1.29 bits per heavy atom. The van der Waals surface area contributed by atoms with Crippen LogP contribution in [0.15, 0.2) is 113 Å². The summed E-state index contributed by atoms with van der Waals surface area (Å²) in [5, 5.41) is 0. The second kappa shape index (κ2) is 10.6. The van der Waals surface area contributed by atoms with Crippen LogP contribution in [0.4, 0.5) is 5.69 Å². The molecule has 4 aromatic rings. The van der Waals surface area contributed by atoms with Crippen LogP contribution < -0.4 is 9.47 Å². The topological polar surface area (TPSA) is 30.8 Å². The standard InChI is InChI=1S/C27H22BrNO2/c28-24-12-14-25(15-13-24)29-18-23-11-16-26(30-19-21-7-3-1-4-8-21)17-27(23)31-20-22-9-5-2-6-10-22/h1-18H,19-20H2. The molecule has 0 aliphatic heterocycles. The SMILES string of the molecule is Brc1ccc(N=Cc2ccc(OCc3ccccc3)cc2OCc2ccccc2)cc1. The number of ether oxygens (including phenoxy) is 2. The van der Waals surface area contributed by atoms with Crippen LogP contribution in [0.1, 0.15) is 16.7 Å². The summed E-state index contributed by atoms with van der Waals surface area (Å²) in [7, 11) is 0. The lowest BCUT2D eigenvalue weighted by atomic mass is 10.2. The average Bonchev–Trinajstić information content (AvgIpc) is 2.83. The first-order valence-electron chi connectivity index (χ1n) is 10.0. The Kier molecular flexibility index (Phi) is 7.14. The summed E-state index contributed by atoms with van der Waals surface area (Å²) in [5.41, 5.74) is 4.00. The van der Waals surface area contributed by atoms with Crippen LogP contribution in [0, 0.1) is 0 Å². The van der Waals surface area contributed by atoms with Gasteiger partial charge in [-0.1, -0.05) is 76.6 Å². The number of hydrogen-bond acceptors (Lipinski definition) is 3. The predicted octanol–water partition coefficient (Wildman–Crippen LogP) is 7.36. The normalized spacial score (nSPS) is 10.9. The van der Waals surface area contributed by atoms with Crippen molar-refractivity contribution in [3.63, 3.8) is 0 Å². The van der Waals surface area contributed by atoms with Crippen molar-refractivity contribution in [2.45, 2.75) is 13.2 Å². The van der Waals surface area contributed by atoms with E-state index >= 15 is 0 Å². The third kappa shape index (κ3) is 6.30. The van der Waals surface area contributed by atoms with E-state index in [2.05, 4.69) is 20.9 Å². The number of nitrogens with zero attached hydrogens (tertiary/aromatic N) is 1. The average molecular weight is 472 g/mol. The lowest BCUT2D eigenvalue weighted by Gasteiger charge is -2.12. The van der Waals surface area contributed by atoms with Crippen molar-refractivity contribution in [1.82, 2.24) is 0 Å². The smallest absolute Gasteiger partial charge is 0.132 e. The van der Waals surface area contributed by atoms with Gasteiger partial charge in [0.2, 0.25) is 0 Å². The molecule has 31 heavy (non-hydrogen) atoms. The van der Waals surface area contributed by atoms with E-state index in [-0.39, 0.29) is 0 Å². The van der Waals surface area contributed by atoms with Gasteiger partial charge < -0.3 is 9.47 Å². The fourth-order valence-corrected chi connectivity index (χ4v) is 3.25. The number of aliphatic imine (C=N–C) groups is 1. The van der Waals surface area contributed by atoms with Crippen molar-refractivity contribution in [1.29, 1.82) is 0 Å². The minimum absolute atomic E-state index is 0.474. The van der Waals surface area contributed by atoms with Crippen LogP contribution in [0.25, 0.3) is 0 Å². The molecule has 4 heteroatoms. The van der Waals surface area contributed by atoms with Gasteiger partial charge in [-0.2, -0.15) is 0 Å². The molecule has 154 valence electrons. The van der Waals surface area contributed by atoms with Gasteiger partial charge in [0, 0.05) is 22.3 Å². The van der Waals surface area contributed by atoms with E-state index in [0.29, 0.717) is 13.2 Å². The Hall–Kier alpha value is -3.37. The maximum absolute atomic E-state index is 6.14. The van der Waals surface area contributed by atoms with Gasteiger partial charge in [-0.15, -0.1) is 0 Å².